The van der Waals surface area contributed by atoms with Crippen molar-refractivity contribution >= 4 is 17.4 Å². The predicted molar refractivity (Wildman–Crippen MR) is 114 cm³/mol. The Morgan fingerprint density at radius 1 is 1.07 bits per heavy atom. The van der Waals surface area contributed by atoms with E-state index in [9.17, 15) is 5.26 Å². The molecule has 6 nitrogen and oxygen atoms in total. The number of aromatic nitrogens is 4. The Morgan fingerprint density at radius 3 is 2.48 bits per heavy atom. The smallest absolute Gasteiger partial charge is 0.151 e. The molecule has 2 aromatic heterocycles. The first kappa shape index (κ1) is 19.4. The summed E-state index contributed by atoms with van der Waals surface area (Å²) in [4.78, 5) is 2.20. The van der Waals surface area contributed by atoms with Crippen LogP contribution >= 0.6 is 11.6 Å². The number of rotatable bonds is 5. The van der Waals surface area contributed by atoms with Gasteiger partial charge in [0, 0.05) is 30.9 Å². The topological polar surface area (TPSA) is 70.6 Å². The van der Waals surface area contributed by atoms with Crippen molar-refractivity contribution in [2.45, 2.75) is 32.7 Å². The molecule has 1 aromatic carbocycles. The van der Waals surface area contributed by atoms with Crippen LogP contribution in [0.3, 0.4) is 0 Å². The van der Waals surface area contributed by atoms with Gasteiger partial charge in [-0.3, -0.25) is 4.68 Å². The summed E-state index contributed by atoms with van der Waals surface area (Å²) in [5, 5.41) is 23.9. The summed E-state index contributed by atoms with van der Waals surface area (Å²) in [5.74, 6) is 0.841. The molecule has 29 heavy (non-hydrogen) atoms. The fraction of sp³-hybridized carbons (Fsp3) is 0.364. The van der Waals surface area contributed by atoms with Crippen molar-refractivity contribution in [3.63, 3.8) is 0 Å². The first-order valence-electron chi connectivity index (χ1n) is 9.90. The van der Waals surface area contributed by atoms with Crippen LogP contribution in [0.5, 0.6) is 0 Å². The van der Waals surface area contributed by atoms with Gasteiger partial charge in [0.1, 0.15) is 11.4 Å². The molecule has 1 saturated heterocycles. The van der Waals surface area contributed by atoms with Gasteiger partial charge < -0.3 is 4.90 Å². The zero-order valence-electron chi connectivity index (χ0n) is 16.4. The van der Waals surface area contributed by atoms with E-state index < -0.39 is 0 Å². The van der Waals surface area contributed by atoms with Crippen molar-refractivity contribution in [3.8, 4) is 17.5 Å². The lowest BCUT2D eigenvalue weighted by Gasteiger charge is -2.38. The zero-order valence-corrected chi connectivity index (χ0v) is 17.2. The van der Waals surface area contributed by atoms with Crippen molar-refractivity contribution in [3.05, 3.63) is 59.2 Å². The SMILES string of the molecule is CCn1ccc(-c2ccc(N3CCC(C#N)(Cc4ccccc4Cl)CC3)nn2)n1. The molecule has 3 aromatic rings. The second-order valence-corrected chi connectivity index (χ2v) is 7.89. The lowest BCUT2D eigenvalue weighted by molar-refractivity contribution is 0.301. The maximum absolute atomic E-state index is 9.89. The number of benzene rings is 1. The lowest BCUT2D eigenvalue weighted by Crippen LogP contribution is -2.41. The van der Waals surface area contributed by atoms with Crippen LogP contribution in [0.15, 0.2) is 48.7 Å². The molecule has 1 fully saturated rings. The molecule has 0 spiro atoms. The van der Waals surface area contributed by atoms with E-state index in [0.29, 0.717) is 6.42 Å². The number of piperidine rings is 1. The first-order valence-corrected chi connectivity index (χ1v) is 10.3. The van der Waals surface area contributed by atoms with Crippen LogP contribution in [0.4, 0.5) is 5.82 Å². The number of nitriles is 1. The minimum atomic E-state index is -0.387. The van der Waals surface area contributed by atoms with Crippen molar-refractivity contribution in [1.82, 2.24) is 20.0 Å². The summed E-state index contributed by atoms with van der Waals surface area (Å²) in [6, 6.07) is 16.3. The molecule has 3 heterocycles. The fourth-order valence-electron chi connectivity index (χ4n) is 3.80. The molecular formula is C22H23ClN6. The highest BCUT2D eigenvalue weighted by Gasteiger charge is 2.35. The normalized spacial score (nSPS) is 15.8. The van der Waals surface area contributed by atoms with Gasteiger partial charge in [-0.05, 0) is 56.0 Å². The van der Waals surface area contributed by atoms with E-state index in [4.69, 9.17) is 11.6 Å². The van der Waals surface area contributed by atoms with Gasteiger partial charge in [-0.2, -0.15) is 10.4 Å². The zero-order chi connectivity index (χ0) is 20.3. The fourth-order valence-corrected chi connectivity index (χ4v) is 4.01. The van der Waals surface area contributed by atoms with E-state index in [1.807, 2.05) is 53.3 Å². The number of halogens is 1. The van der Waals surface area contributed by atoms with Gasteiger partial charge in [0.05, 0.1) is 11.5 Å². The van der Waals surface area contributed by atoms with Crippen LogP contribution in [-0.2, 0) is 13.0 Å². The van der Waals surface area contributed by atoms with Gasteiger partial charge in [0.25, 0.3) is 0 Å². The Bertz CT molecular complexity index is 1010. The number of hydrogen-bond donors (Lipinski definition) is 0. The van der Waals surface area contributed by atoms with Gasteiger partial charge in [-0.15, -0.1) is 10.2 Å². The van der Waals surface area contributed by atoms with E-state index in [1.54, 1.807) is 0 Å². The molecule has 0 atom stereocenters. The Morgan fingerprint density at radius 2 is 1.86 bits per heavy atom. The van der Waals surface area contributed by atoms with E-state index in [2.05, 4.69) is 33.2 Å². The van der Waals surface area contributed by atoms with E-state index in [-0.39, 0.29) is 5.41 Å². The van der Waals surface area contributed by atoms with Gasteiger partial charge in [0.15, 0.2) is 5.82 Å². The summed E-state index contributed by atoms with van der Waals surface area (Å²) < 4.78 is 1.87. The van der Waals surface area contributed by atoms with E-state index >= 15 is 0 Å². The summed E-state index contributed by atoms with van der Waals surface area (Å²) in [6.07, 6.45) is 4.18. The highest BCUT2D eigenvalue weighted by Crippen LogP contribution is 2.37. The third kappa shape index (κ3) is 4.10. The van der Waals surface area contributed by atoms with Crippen LogP contribution in [0.25, 0.3) is 11.4 Å². The highest BCUT2D eigenvalue weighted by molar-refractivity contribution is 6.31. The Kier molecular flexibility index (Phi) is 5.50. The average molecular weight is 407 g/mol. The quantitative estimate of drug-likeness (QED) is 0.629. The largest absolute Gasteiger partial charge is 0.355 e. The van der Waals surface area contributed by atoms with Crippen LogP contribution in [0.1, 0.15) is 25.3 Å². The standard InChI is InChI=1S/C22H23ClN6/c1-2-29-12-9-20(27-29)19-7-8-21(26-25-19)28-13-10-22(16-24,11-14-28)15-17-5-3-4-6-18(17)23/h3-9,12H,2,10-11,13-15H2,1H3. The van der Waals surface area contributed by atoms with Crippen molar-refractivity contribution in [2.24, 2.45) is 5.41 Å². The molecule has 4 rings (SSSR count). The average Bonchev–Trinajstić information content (AvgIpc) is 3.25. The Hall–Kier alpha value is -2.91. The van der Waals surface area contributed by atoms with Crippen molar-refractivity contribution in [1.29, 1.82) is 5.26 Å². The van der Waals surface area contributed by atoms with Gasteiger partial charge in [-0.25, -0.2) is 0 Å². The number of hydrogen-bond acceptors (Lipinski definition) is 5. The number of aryl methyl sites for hydroxylation is 1. The maximum Gasteiger partial charge on any atom is 0.151 e. The molecule has 7 heteroatoms. The third-order valence-corrected chi connectivity index (χ3v) is 6.01. The number of nitrogens with zero attached hydrogens (tertiary/aromatic N) is 6. The summed E-state index contributed by atoms with van der Waals surface area (Å²) >= 11 is 6.32. The molecule has 0 aliphatic carbocycles. The summed E-state index contributed by atoms with van der Waals surface area (Å²) in [5.41, 5.74) is 2.25. The molecular weight excluding hydrogens is 384 g/mol. The lowest BCUT2D eigenvalue weighted by atomic mass is 9.75. The van der Waals surface area contributed by atoms with Gasteiger partial charge in [-0.1, -0.05) is 29.8 Å². The second-order valence-electron chi connectivity index (χ2n) is 7.48. The molecule has 1 aliphatic rings. The molecule has 1 aliphatic heterocycles. The van der Waals surface area contributed by atoms with Crippen molar-refractivity contribution in [2.75, 3.05) is 18.0 Å². The molecule has 0 unspecified atom stereocenters. The van der Waals surface area contributed by atoms with E-state index in [0.717, 1.165) is 60.3 Å². The summed E-state index contributed by atoms with van der Waals surface area (Å²) in [6.45, 7) is 4.43. The monoisotopic (exact) mass is 406 g/mol. The minimum Gasteiger partial charge on any atom is -0.355 e. The maximum atomic E-state index is 9.89. The third-order valence-electron chi connectivity index (χ3n) is 5.65. The molecule has 0 bridgehead atoms. The van der Waals surface area contributed by atoms with Gasteiger partial charge in [0.2, 0.25) is 0 Å². The minimum absolute atomic E-state index is 0.387. The first-order chi connectivity index (χ1) is 14.1. The molecule has 0 N–H and O–H groups in total. The van der Waals surface area contributed by atoms with E-state index in [1.165, 1.54) is 0 Å². The van der Waals surface area contributed by atoms with Crippen LogP contribution in [0, 0.1) is 16.7 Å². The second kappa shape index (κ2) is 8.22. The molecule has 0 radical (unpaired) electrons. The summed E-state index contributed by atoms with van der Waals surface area (Å²) in [7, 11) is 0. The van der Waals surface area contributed by atoms with Gasteiger partial charge >= 0.3 is 0 Å². The van der Waals surface area contributed by atoms with Crippen LogP contribution < -0.4 is 4.90 Å². The molecule has 0 saturated carbocycles. The highest BCUT2D eigenvalue weighted by atomic mass is 35.5. The number of anilines is 1. The van der Waals surface area contributed by atoms with Crippen LogP contribution in [-0.4, -0.2) is 33.1 Å². The predicted octanol–water partition coefficient (Wildman–Crippen LogP) is 4.37. The Balaban J connectivity index is 1.43. The molecule has 148 valence electrons. The molecule has 0 amide bonds. The van der Waals surface area contributed by atoms with Crippen molar-refractivity contribution < 1.29 is 0 Å². The van der Waals surface area contributed by atoms with Crippen LogP contribution in [0.2, 0.25) is 5.02 Å². The Labute approximate surface area is 175 Å².